The van der Waals surface area contributed by atoms with Crippen molar-refractivity contribution in [2.24, 2.45) is 5.73 Å². The molecule has 40 heavy (non-hydrogen) atoms. The lowest BCUT2D eigenvalue weighted by molar-refractivity contribution is -0.122. The van der Waals surface area contributed by atoms with Gasteiger partial charge in [-0.15, -0.1) is 0 Å². The standard InChI is InChI=1S/C31H53N2O6P/c1-3-5-7-9-11-13-14-15-16-17-19-21-23-25-31(35)33-29(28-39-40(36,37)38-27-26-32)30(34)24-22-20-18-12-10-8-6-4-2/h5,7,10-13,15-16,19,21-22,24,29-30,34H,3-4,6,8-9,14,17-18,20,23,25-28,32H2,1-2H3,(H,33,35)(H,36,37)/b7-5-,12-10+,13-11-,16-15-,21-19-,24-22+. The first-order valence-corrected chi connectivity index (χ1v) is 16.1. The molecule has 8 nitrogen and oxygen atoms in total. The molecular weight excluding hydrogens is 527 g/mol. The van der Waals surface area contributed by atoms with E-state index in [1.807, 2.05) is 18.2 Å². The molecule has 5 N–H and O–H groups in total. The number of rotatable bonds is 25. The van der Waals surface area contributed by atoms with E-state index in [1.165, 1.54) is 6.42 Å². The van der Waals surface area contributed by atoms with Crippen molar-refractivity contribution in [2.45, 2.75) is 96.6 Å². The van der Waals surface area contributed by atoms with Crippen LogP contribution >= 0.6 is 7.82 Å². The number of nitrogens with two attached hydrogens (primary N) is 1. The number of hydrogen-bond acceptors (Lipinski definition) is 6. The van der Waals surface area contributed by atoms with Gasteiger partial charge in [-0.05, 0) is 51.4 Å². The molecule has 0 rings (SSSR count). The van der Waals surface area contributed by atoms with Crippen LogP contribution in [0.1, 0.15) is 84.5 Å². The highest BCUT2D eigenvalue weighted by atomic mass is 31.2. The van der Waals surface area contributed by atoms with Gasteiger partial charge >= 0.3 is 7.82 Å². The maximum absolute atomic E-state index is 12.5. The predicted molar refractivity (Wildman–Crippen MR) is 166 cm³/mol. The molecule has 0 radical (unpaired) electrons. The molecule has 0 spiro atoms. The van der Waals surface area contributed by atoms with Crippen LogP contribution in [0.2, 0.25) is 0 Å². The van der Waals surface area contributed by atoms with Gasteiger partial charge in [0.05, 0.1) is 25.4 Å². The van der Waals surface area contributed by atoms with Gasteiger partial charge in [0, 0.05) is 13.0 Å². The first kappa shape index (κ1) is 37.9. The normalized spacial score (nSPS) is 15.8. The molecule has 228 valence electrons. The molecule has 9 heteroatoms. The Morgan fingerprint density at radius 3 is 2.05 bits per heavy atom. The number of nitrogens with one attached hydrogen (secondary N) is 1. The lowest BCUT2D eigenvalue weighted by Gasteiger charge is -2.23. The number of aliphatic hydroxyl groups is 1. The first-order chi connectivity index (χ1) is 19.4. The largest absolute Gasteiger partial charge is 0.472 e. The average Bonchev–Trinajstić information content (AvgIpc) is 2.93. The Hall–Kier alpha value is -2.06. The van der Waals surface area contributed by atoms with E-state index in [0.717, 1.165) is 51.4 Å². The number of carbonyl (C=O) groups is 1. The second-order valence-electron chi connectivity index (χ2n) is 9.21. The monoisotopic (exact) mass is 580 g/mol. The maximum Gasteiger partial charge on any atom is 0.472 e. The number of phosphoric acid groups is 1. The van der Waals surface area contributed by atoms with Gasteiger partial charge in [-0.2, -0.15) is 0 Å². The van der Waals surface area contributed by atoms with Crippen LogP contribution in [-0.2, 0) is 18.4 Å². The number of aliphatic hydroxyl groups excluding tert-OH is 1. The first-order valence-electron chi connectivity index (χ1n) is 14.6. The van der Waals surface area contributed by atoms with Gasteiger partial charge < -0.3 is 21.1 Å². The van der Waals surface area contributed by atoms with Gasteiger partial charge in [-0.25, -0.2) is 4.57 Å². The zero-order chi connectivity index (χ0) is 29.7. The third kappa shape index (κ3) is 24.9. The summed E-state index contributed by atoms with van der Waals surface area (Å²) in [6.45, 7) is 3.80. The molecule has 0 heterocycles. The van der Waals surface area contributed by atoms with Crippen LogP contribution in [0.4, 0.5) is 0 Å². The molecule has 0 aromatic rings. The zero-order valence-electron chi connectivity index (χ0n) is 24.5. The Labute approximate surface area is 242 Å². The van der Waals surface area contributed by atoms with Crippen molar-refractivity contribution in [2.75, 3.05) is 19.8 Å². The minimum atomic E-state index is -4.35. The van der Waals surface area contributed by atoms with E-state index in [1.54, 1.807) is 6.08 Å². The van der Waals surface area contributed by atoms with Gasteiger partial charge in [0.25, 0.3) is 0 Å². The van der Waals surface area contributed by atoms with Gasteiger partial charge in [-0.1, -0.05) is 99.6 Å². The van der Waals surface area contributed by atoms with Crippen molar-refractivity contribution >= 4 is 13.7 Å². The van der Waals surface area contributed by atoms with Gasteiger partial charge in [-0.3, -0.25) is 13.8 Å². The molecule has 3 atom stereocenters. The van der Waals surface area contributed by atoms with E-state index in [9.17, 15) is 19.4 Å². The number of phosphoric ester groups is 1. The molecule has 0 aliphatic rings. The van der Waals surface area contributed by atoms with Crippen molar-refractivity contribution in [3.05, 3.63) is 72.9 Å². The van der Waals surface area contributed by atoms with Crippen LogP contribution in [-0.4, -0.2) is 47.8 Å². The van der Waals surface area contributed by atoms with Gasteiger partial charge in [0.15, 0.2) is 0 Å². The van der Waals surface area contributed by atoms with Crippen molar-refractivity contribution < 1.29 is 28.4 Å². The highest BCUT2D eigenvalue weighted by molar-refractivity contribution is 7.47. The molecule has 0 saturated carbocycles. The molecule has 0 aromatic heterocycles. The van der Waals surface area contributed by atoms with Gasteiger partial charge in [0.1, 0.15) is 0 Å². The molecule has 0 aliphatic carbocycles. The predicted octanol–water partition coefficient (Wildman–Crippen LogP) is 6.59. The van der Waals surface area contributed by atoms with E-state index in [4.69, 9.17) is 14.8 Å². The fraction of sp³-hybridized carbons (Fsp3) is 0.581. The minimum absolute atomic E-state index is 0.0592. The Morgan fingerprint density at radius 2 is 1.43 bits per heavy atom. The fourth-order valence-corrected chi connectivity index (χ4v) is 4.08. The van der Waals surface area contributed by atoms with Crippen LogP contribution in [0.3, 0.4) is 0 Å². The summed E-state index contributed by atoms with van der Waals surface area (Å²) in [6, 6.07) is -0.914. The van der Waals surface area contributed by atoms with Crippen molar-refractivity contribution in [1.29, 1.82) is 0 Å². The molecule has 3 unspecified atom stereocenters. The summed E-state index contributed by atoms with van der Waals surface area (Å²) in [5.74, 6) is -0.294. The number of carbonyl (C=O) groups excluding carboxylic acids is 1. The van der Waals surface area contributed by atoms with Crippen LogP contribution in [0.5, 0.6) is 0 Å². The third-order valence-corrected chi connectivity index (χ3v) is 6.51. The number of unbranched alkanes of at least 4 members (excludes halogenated alkanes) is 3. The van der Waals surface area contributed by atoms with Gasteiger partial charge in [0.2, 0.25) is 5.91 Å². The molecule has 0 aliphatic heterocycles. The SMILES string of the molecule is CC/C=C\C/C=C\C/C=C\C/C=C\CCC(=O)NC(COP(=O)(O)OCCN)C(O)/C=C/CC/C=C/CCCC. The lowest BCUT2D eigenvalue weighted by atomic mass is 10.1. The summed E-state index contributed by atoms with van der Waals surface area (Å²) in [4.78, 5) is 22.3. The zero-order valence-corrected chi connectivity index (χ0v) is 25.4. The Balaban J connectivity index is 4.66. The molecule has 0 bridgehead atoms. The fourth-order valence-electron chi connectivity index (χ4n) is 3.32. The molecule has 0 fully saturated rings. The summed E-state index contributed by atoms with van der Waals surface area (Å²) in [6.07, 6.45) is 32.7. The second kappa shape index (κ2) is 27.1. The van der Waals surface area contributed by atoms with E-state index < -0.39 is 26.6 Å². The summed E-state index contributed by atoms with van der Waals surface area (Å²) in [5.41, 5.74) is 5.30. The van der Waals surface area contributed by atoms with E-state index in [2.05, 4.69) is 67.8 Å². The summed E-state index contributed by atoms with van der Waals surface area (Å²) < 4.78 is 21.8. The van der Waals surface area contributed by atoms with E-state index in [-0.39, 0.29) is 25.5 Å². The summed E-state index contributed by atoms with van der Waals surface area (Å²) in [5, 5.41) is 13.3. The van der Waals surface area contributed by atoms with Crippen LogP contribution < -0.4 is 11.1 Å². The highest BCUT2D eigenvalue weighted by Crippen LogP contribution is 2.43. The van der Waals surface area contributed by atoms with Crippen molar-refractivity contribution in [3.8, 4) is 0 Å². The Bertz CT molecular complexity index is 851. The average molecular weight is 581 g/mol. The number of amides is 1. The third-order valence-electron chi connectivity index (χ3n) is 5.53. The van der Waals surface area contributed by atoms with E-state index >= 15 is 0 Å². The Morgan fingerprint density at radius 1 is 0.850 bits per heavy atom. The molecular formula is C31H53N2O6P. The quantitative estimate of drug-likeness (QED) is 0.0544. The summed E-state index contributed by atoms with van der Waals surface area (Å²) >= 11 is 0. The molecule has 0 saturated heterocycles. The van der Waals surface area contributed by atoms with Crippen molar-refractivity contribution in [3.63, 3.8) is 0 Å². The van der Waals surface area contributed by atoms with E-state index in [0.29, 0.717) is 6.42 Å². The Kier molecular flexibility index (Phi) is 25.7. The topological polar surface area (TPSA) is 131 Å². The van der Waals surface area contributed by atoms with Crippen LogP contribution in [0.25, 0.3) is 0 Å². The van der Waals surface area contributed by atoms with Crippen LogP contribution in [0, 0.1) is 0 Å². The lowest BCUT2D eigenvalue weighted by Crippen LogP contribution is -2.45. The van der Waals surface area contributed by atoms with Crippen molar-refractivity contribution in [1.82, 2.24) is 5.32 Å². The molecule has 0 aromatic carbocycles. The summed E-state index contributed by atoms with van der Waals surface area (Å²) in [7, 11) is -4.35. The van der Waals surface area contributed by atoms with Crippen LogP contribution in [0.15, 0.2) is 72.9 Å². The minimum Gasteiger partial charge on any atom is -0.387 e. The number of allylic oxidation sites excluding steroid dienone is 11. The number of hydrogen-bond donors (Lipinski definition) is 4. The highest BCUT2D eigenvalue weighted by Gasteiger charge is 2.26. The smallest absolute Gasteiger partial charge is 0.387 e. The second-order valence-corrected chi connectivity index (χ2v) is 10.7. The molecule has 1 amide bonds. The maximum atomic E-state index is 12.5.